The Morgan fingerprint density at radius 3 is 2.94 bits per heavy atom. The molecule has 86 valence electrons. The second kappa shape index (κ2) is 4.11. The van der Waals surface area contributed by atoms with Gasteiger partial charge in [-0.25, -0.2) is 8.42 Å². The zero-order chi connectivity index (χ0) is 11.8. The molecule has 16 heavy (non-hydrogen) atoms. The molecular formula is C10H11ClN2O2S. The van der Waals surface area contributed by atoms with E-state index in [2.05, 4.69) is 11.0 Å². The monoisotopic (exact) mass is 258 g/mol. The number of alkyl halides is 1. The maximum atomic E-state index is 11.5. The smallest absolute Gasteiger partial charge is 0.154 e. The van der Waals surface area contributed by atoms with Gasteiger partial charge in [0.2, 0.25) is 0 Å². The molecule has 0 bridgehead atoms. The first-order valence-corrected chi connectivity index (χ1v) is 7.20. The van der Waals surface area contributed by atoms with E-state index in [0.29, 0.717) is 13.0 Å². The summed E-state index contributed by atoms with van der Waals surface area (Å²) in [6.07, 6.45) is 5.68. The van der Waals surface area contributed by atoms with Gasteiger partial charge in [0, 0.05) is 12.0 Å². The van der Waals surface area contributed by atoms with Crippen molar-refractivity contribution in [2.24, 2.45) is 0 Å². The summed E-state index contributed by atoms with van der Waals surface area (Å²) < 4.78 is 24.7. The minimum Gasteiger partial charge on any atom is -0.256 e. The molecule has 0 amide bonds. The van der Waals surface area contributed by atoms with Crippen molar-refractivity contribution in [2.45, 2.75) is 24.6 Å². The third-order valence-corrected chi connectivity index (χ3v) is 4.44. The topological polar surface area (TPSA) is 52.0 Å². The lowest BCUT2D eigenvalue weighted by Crippen LogP contribution is -2.18. The van der Waals surface area contributed by atoms with Crippen LogP contribution in [0.25, 0.3) is 0 Å². The second-order valence-corrected chi connectivity index (χ2v) is 6.16. The van der Waals surface area contributed by atoms with Gasteiger partial charge in [-0.15, -0.1) is 18.0 Å². The van der Waals surface area contributed by atoms with Crippen molar-refractivity contribution in [3.05, 3.63) is 17.0 Å². The zero-order valence-electron chi connectivity index (χ0n) is 8.61. The SMILES string of the molecule is C#CCn1nc2c(c1CCl)CS(=O)(=O)CC2. The van der Waals surface area contributed by atoms with E-state index in [-0.39, 0.29) is 17.4 Å². The largest absolute Gasteiger partial charge is 0.256 e. The molecule has 0 radical (unpaired) electrons. The van der Waals surface area contributed by atoms with Crippen LogP contribution in [0, 0.1) is 12.3 Å². The molecule has 0 fully saturated rings. The summed E-state index contributed by atoms with van der Waals surface area (Å²) in [5, 5.41) is 4.30. The van der Waals surface area contributed by atoms with Crippen LogP contribution in [0.3, 0.4) is 0 Å². The van der Waals surface area contributed by atoms with E-state index in [9.17, 15) is 8.42 Å². The lowest BCUT2D eigenvalue weighted by atomic mass is 10.2. The van der Waals surface area contributed by atoms with Crippen LogP contribution in [0.2, 0.25) is 0 Å². The molecule has 2 heterocycles. The number of hydrogen-bond donors (Lipinski definition) is 0. The fourth-order valence-corrected chi connectivity index (χ4v) is 3.59. The maximum Gasteiger partial charge on any atom is 0.154 e. The summed E-state index contributed by atoms with van der Waals surface area (Å²) in [4.78, 5) is 0. The van der Waals surface area contributed by atoms with E-state index in [0.717, 1.165) is 17.0 Å². The van der Waals surface area contributed by atoms with Crippen molar-refractivity contribution in [1.29, 1.82) is 0 Å². The van der Waals surface area contributed by atoms with Crippen LogP contribution >= 0.6 is 11.6 Å². The van der Waals surface area contributed by atoms with Crippen LogP contribution in [0.15, 0.2) is 0 Å². The Morgan fingerprint density at radius 2 is 2.31 bits per heavy atom. The van der Waals surface area contributed by atoms with Crippen LogP contribution in [-0.2, 0) is 34.4 Å². The van der Waals surface area contributed by atoms with E-state index in [1.54, 1.807) is 4.68 Å². The number of aryl methyl sites for hydroxylation is 1. The first-order valence-electron chi connectivity index (χ1n) is 4.84. The molecular weight excluding hydrogens is 248 g/mol. The number of aromatic nitrogens is 2. The first-order chi connectivity index (χ1) is 7.57. The molecule has 2 rings (SSSR count). The Balaban J connectivity index is 2.50. The molecule has 1 aromatic heterocycles. The standard InChI is InChI=1S/C10H11ClN2O2S/c1-2-4-13-10(6-11)8-7-16(14,15)5-3-9(8)12-13/h1H,3-7H2. The quantitative estimate of drug-likeness (QED) is 0.580. The molecule has 0 saturated heterocycles. The Hall–Kier alpha value is -0.990. The highest BCUT2D eigenvalue weighted by Gasteiger charge is 2.27. The summed E-state index contributed by atoms with van der Waals surface area (Å²) in [5.41, 5.74) is 2.30. The van der Waals surface area contributed by atoms with E-state index in [4.69, 9.17) is 18.0 Å². The molecule has 0 saturated carbocycles. The van der Waals surface area contributed by atoms with Crippen LogP contribution in [-0.4, -0.2) is 24.0 Å². The van der Waals surface area contributed by atoms with Crippen molar-refractivity contribution in [2.75, 3.05) is 5.75 Å². The van der Waals surface area contributed by atoms with Crippen molar-refractivity contribution >= 4 is 21.4 Å². The Bertz CT molecular complexity index is 554. The average molecular weight is 259 g/mol. The number of rotatable bonds is 2. The van der Waals surface area contributed by atoms with Gasteiger partial charge in [-0.1, -0.05) is 5.92 Å². The van der Waals surface area contributed by atoms with Crippen LogP contribution < -0.4 is 0 Å². The van der Waals surface area contributed by atoms with Gasteiger partial charge in [-0.05, 0) is 0 Å². The molecule has 1 aliphatic rings. The van der Waals surface area contributed by atoms with Crippen molar-refractivity contribution in [3.63, 3.8) is 0 Å². The average Bonchev–Trinajstić information content (AvgIpc) is 2.54. The van der Waals surface area contributed by atoms with Gasteiger partial charge in [0.15, 0.2) is 9.84 Å². The number of fused-ring (bicyclic) bond motifs is 1. The van der Waals surface area contributed by atoms with Gasteiger partial charge < -0.3 is 0 Å². The molecule has 0 N–H and O–H groups in total. The number of terminal acetylenes is 1. The van der Waals surface area contributed by atoms with E-state index >= 15 is 0 Å². The molecule has 1 aromatic rings. The van der Waals surface area contributed by atoms with Gasteiger partial charge >= 0.3 is 0 Å². The number of hydrogen-bond acceptors (Lipinski definition) is 3. The number of halogens is 1. The van der Waals surface area contributed by atoms with Gasteiger partial charge in [-0.2, -0.15) is 5.10 Å². The minimum atomic E-state index is -2.99. The molecule has 0 aliphatic carbocycles. The highest BCUT2D eigenvalue weighted by atomic mass is 35.5. The highest BCUT2D eigenvalue weighted by molar-refractivity contribution is 7.90. The van der Waals surface area contributed by atoms with Crippen molar-refractivity contribution < 1.29 is 8.42 Å². The summed E-state index contributed by atoms with van der Waals surface area (Å²) in [6.45, 7) is 0.328. The summed E-state index contributed by atoms with van der Waals surface area (Å²) >= 11 is 5.81. The summed E-state index contributed by atoms with van der Waals surface area (Å²) in [5.74, 6) is 2.91. The third-order valence-electron chi connectivity index (χ3n) is 2.63. The normalized spacial score (nSPS) is 17.8. The fourth-order valence-electron chi connectivity index (χ4n) is 1.87. The van der Waals surface area contributed by atoms with Gasteiger partial charge in [0.25, 0.3) is 0 Å². The molecule has 4 nitrogen and oxygen atoms in total. The van der Waals surface area contributed by atoms with Crippen LogP contribution in [0.4, 0.5) is 0 Å². The Morgan fingerprint density at radius 1 is 1.56 bits per heavy atom. The fraction of sp³-hybridized carbons (Fsp3) is 0.500. The molecule has 6 heteroatoms. The number of sulfone groups is 1. The molecule has 0 unspecified atom stereocenters. The summed E-state index contributed by atoms with van der Waals surface area (Å²) in [6, 6.07) is 0. The van der Waals surface area contributed by atoms with Crippen molar-refractivity contribution in [1.82, 2.24) is 9.78 Å². The highest BCUT2D eigenvalue weighted by Crippen LogP contribution is 2.24. The van der Waals surface area contributed by atoms with Gasteiger partial charge in [0.05, 0.1) is 28.8 Å². The Labute approximate surface area is 99.5 Å². The predicted molar refractivity (Wildman–Crippen MR) is 61.8 cm³/mol. The second-order valence-electron chi connectivity index (χ2n) is 3.71. The number of nitrogens with zero attached hydrogens (tertiary/aromatic N) is 2. The van der Waals surface area contributed by atoms with E-state index in [1.807, 2.05) is 0 Å². The van der Waals surface area contributed by atoms with Gasteiger partial charge in [-0.3, -0.25) is 4.68 Å². The maximum absolute atomic E-state index is 11.5. The zero-order valence-corrected chi connectivity index (χ0v) is 10.2. The Kier molecular flexibility index (Phi) is 2.96. The van der Waals surface area contributed by atoms with E-state index in [1.165, 1.54) is 0 Å². The molecule has 1 aliphatic heterocycles. The lowest BCUT2D eigenvalue weighted by Gasteiger charge is -2.11. The summed E-state index contributed by atoms with van der Waals surface area (Å²) in [7, 11) is -2.99. The van der Waals surface area contributed by atoms with Crippen LogP contribution in [0.1, 0.15) is 17.0 Å². The first kappa shape index (κ1) is 11.5. The molecule has 0 spiro atoms. The predicted octanol–water partition coefficient (Wildman–Crippen LogP) is 0.726. The third kappa shape index (κ3) is 1.95. The van der Waals surface area contributed by atoms with Gasteiger partial charge in [0.1, 0.15) is 6.54 Å². The lowest BCUT2D eigenvalue weighted by molar-refractivity contribution is 0.591. The van der Waals surface area contributed by atoms with Crippen LogP contribution in [0.5, 0.6) is 0 Å². The molecule has 0 aromatic carbocycles. The minimum absolute atomic E-state index is 0.0367. The molecule has 0 atom stereocenters. The van der Waals surface area contributed by atoms with Crippen molar-refractivity contribution in [3.8, 4) is 12.3 Å². The van der Waals surface area contributed by atoms with E-state index < -0.39 is 9.84 Å².